The van der Waals surface area contributed by atoms with Crippen LogP contribution in [-0.4, -0.2) is 41.9 Å². The summed E-state index contributed by atoms with van der Waals surface area (Å²) in [5.74, 6) is -4.26. The lowest BCUT2D eigenvalue weighted by atomic mass is 9.88. The highest BCUT2D eigenvalue weighted by Gasteiger charge is 2.37. The Kier molecular flexibility index (Phi) is 8.65. The van der Waals surface area contributed by atoms with Gasteiger partial charge in [0.05, 0.1) is 17.2 Å². The molecule has 1 amide bonds. The Morgan fingerprint density at radius 2 is 1.97 bits per heavy atom. The zero-order valence-corrected chi connectivity index (χ0v) is 21.5. The first-order valence-electron chi connectivity index (χ1n) is 11.6. The summed E-state index contributed by atoms with van der Waals surface area (Å²) in [6.45, 7) is 6.91. The summed E-state index contributed by atoms with van der Waals surface area (Å²) >= 11 is 6.15. The molecule has 1 aromatic heterocycles. The number of rotatable bonds is 9. The molecule has 1 saturated carbocycles. The lowest BCUT2D eigenvalue weighted by Crippen LogP contribution is -2.41. The minimum Gasteiger partial charge on any atom is -0.464 e. The molecule has 1 heterocycles. The number of alkyl halides is 2. The second-order valence-electron chi connectivity index (χ2n) is 9.97. The van der Waals surface area contributed by atoms with Gasteiger partial charge in [-0.2, -0.15) is 13.8 Å². The van der Waals surface area contributed by atoms with E-state index in [1.165, 1.54) is 12.3 Å². The molecule has 1 aromatic carbocycles. The number of benzene rings is 1. The van der Waals surface area contributed by atoms with Crippen molar-refractivity contribution in [3.05, 3.63) is 52.3 Å². The Hall–Kier alpha value is -2.10. The van der Waals surface area contributed by atoms with Crippen LogP contribution >= 0.6 is 11.6 Å². The summed E-state index contributed by atoms with van der Waals surface area (Å²) in [5, 5.41) is 12.9. The highest BCUT2D eigenvalue weighted by Crippen LogP contribution is 2.36. The first-order valence-corrected chi connectivity index (χ1v) is 15.7. The third kappa shape index (κ3) is 6.96. The zero-order valence-electron chi connectivity index (χ0n) is 19.8. The molecule has 0 radical (unpaired) electrons. The van der Waals surface area contributed by atoms with Crippen LogP contribution < -0.4 is 10.1 Å². The number of ether oxygens (including phenoxy) is 1. The van der Waals surface area contributed by atoms with Gasteiger partial charge < -0.3 is 15.2 Å². The summed E-state index contributed by atoms with van der Waals surface area (Å²) in [5.41, 5.74) is -1.11. The molecule has 2 aromatic rings. The summed E-state index contributed by atoms with van der Waals surface area (Å²) in [6, 6.07) is 5.30. The van der Waals surface area contributed by atoms with Crippen molar-refractivity contribution in [3.8, 4) is 6.01 Å². The zero-order chi connectivity index (χ0) is 24.9. The number of aliphatic hydroxyl groups excluding tert-OH is 1. The Morgan fingerprint density at radius 3 is 2.65 bits per heavy atom. The van der Waals surface area contributed by atoms with E-state index < -0.39 is 37.4 Å². The highest BCUT2D eigenvalue weighted by atomic mass is 35.5. The van der Waals surface area contributed by atoms with E-state index in [1.807, 2.05) is 0 Å². The molecule has 1 unspecified atom stereocenters. The second-order valence-corrected chi connectivity index (χ2v) is 16.0. The monoisotopic (exact) mass is 511 g/mol. The van der Waals surface area contributed by atoms with Crippen molar-refractivity contribution in [3.63, 3.8) is 0 Å². The van der Waals surface area contributed by atoms with Gasteiger partial charge in [-0.1, -0.05) is 56.6 Å². The molecule has 34 heavy (non-hydrogen) atoms. The van der Waals surface area contributed by atoms with Crippen molar-refractivity contribution in [2.75, 3.05) is 6.61 Å². The first kappa shape index (κ1) is 26.5. The smallest absolute Gasteiger partial charge is 0.316 e. The number of carbonyl (C=O) groups is 1. The quantitative estimate of drug-likeness (QED) is 0.337. The predicted octanol–water partition coefficient (Wildman–Crippen LogP) is 5.62. The summed E-state index contributed by atoms with van der Waals surface area (Å²) < 4.78 is 36.2. The molecular weight excluding hydrogens is 480 g/mol. The van der Waals surface area contributed by atoms with Gasteiger partial charge in [-0.25, -0.2) is 4.98 Å². The molecule has 1 fully saturated rings. The number of hydrogen-bond donors (Lipinski definition) is 2. The normalized spacial score (nSPS) is 16.2. The van der Waals surface area contributed by atoms with E-state index in [0.29, 0.717) is 6.61 Å². The molecule has 0 aliphatic heterocycles. The maximum Gasteiger partial charge on any atom is 0.316 e. The van der Waals surface area contributed by atoms with Gasteiger partial charge in [0.1, 0.15) is 11.9 Å². The average Bonchev–Trinajstić information content (AvgIpc) is 2.79. The Morgan fingerprint density at radius 1 is 1.26 bits per heavy atom. The lowest BCUT2D eigenvalue weighted by molar-refractivity contribution is 0.0368. The Balaban J connectivity index is 1.76. The molecule has 0 bridgehead atoms. The molecule has 0 saturated heterocycles. The number of amides is 1. The van der Waals surface area contributed by atoms with Gasteiger partial charge >= 0.3 is 11.9 Å². The maximum atomic E-state index is 15.3. The Labute approximate surface area is 205 Å². The maximum absolute atomic E-state index is 15.3. The molecular formula is C24H32ClF2N3O3Si. The van der Waals surface area contributed by atoms with Crippen LogP contribution in [0.2, 0.25) is 30.7 Å². The second kappa shape index (κ2) is 11.1. The molecule has 3 rings (SSSR count). The van der Waals surface area contributed by atoms with Crippen LogP contribution in [0.1, 0.15) is 53.7 Å². The van der Waals surface area contributed by atoms with Crippen LogP contribution in [-0.2, 0) is 5.92 Å². The molecule has 2 N–H and O–H groups in total. The summed E-state index contributed by atoms with van der Waals surface area (Å²) in [6.07, 6.45) is 4.88. The van der Waals surface area contributed by atoms with Gasteiger partial charge in [-0.3, -0.25) is 4.79 Å². The van der Waals surface area contributed by atoms with Crippen molar-refractivity contribution in [2.24, 2.45) is 5.92 Å². The Bertz CT molecular complexity index is 998. The van der Waals surface area contributed by atoms with Gasteiger partial charge in [-0.15, -0.1) is 0 Å². The minimum atomic E-state index is -3.51. The van der Waals surface area contributed by atoms with Gasteiger partial charge in [-0.05, 0) is 37.1 Å². The topological polar surface area (TPSA) is 84.3 Å². The van der Waals surface area contributed by atoms with Crippen LogP contribution in [0.25, 0.3) is 0 Å². The van der Waals surface area contributed by atoms with Crippen LogP contribution in [0.3, 0.4) is 0 Å². The number of nitrogens with one attached hydrogen (secondary N) is 1. The van der Waals surface area contributed by atoms with Gasteiger partial charge in [0.15, 0.2) is 0 Å². The van der Waals surface area contributed by atoms with E-state index in [4.69, 9.17) is 16.3 Å². The lowest BCUT2D eigenvalue weighted by Gasteiger charge is -2.27. The highest BCUT2D eigenvalue weighted by molar-refractivity contribution is 6.76. The number of carbonyl (C=O) groups excluding carboxylic acids is 1. The van der Waals surface area contributed by atoms with Crippen LogP contribution in [0.5, 0.6) is 6.01 Å². The fourth-order valence-corrected chi connectivity index (χ4v) is 4.77. The molecule has 1 aliphatic rings. The first-order chi connectivity index (χ1) is 16.0. The number of aliphatic hydroxyl groups is 1. The predicted molar refractivity (Wildman–Crippen MR) is 130 cm³/mol. The van der Waals surface area contributed by atoms with E-state index in [-0.39, 0.29) is 22.5 Å². The van der Waals surface area contributed by atoms with Gasteiger partial charge in [0, 0.05) is 25.8 Å². The van der Waals surface area contributed by atoms with Crippen LogP contribution in [0, 0.1) is 5.92 Å². The fourth-order valence-electron chi connectivity index (χ4n) is 3.86. The van der Waals surface area contributed by atoms with E-state index in [1.54, 1.807) is 0 Å². The van der Waals surface area contributed by atoms with Crippen LogP contribution in [0.15, 0.2) is 30.5 Å². The molecule has 186 valence electrons. The number of nitrogens with zero attached hydrogens (tertiary/aromatic N) is 2. The molecule has 0 spiro atoms. The molecule has 1 aliphatic carbocycles. The fraction of sp³-hybridized carbons (Fsp3) is 0.542. The standard InChI is InChI=1S/C24H32ClF2N3O3Si/c1-34(2,3)14-13-33-23-28-12-11-20(29-23)24(26,27)17-9-10-19(25)18(15-17)22(32)30-21(31)16-7-5-4-6-8-16/h9-12,15-16,21,31H,4-8,13-14H2,1-3H3,(H,30,32). The molecule has 10 heteroatoms. The van der Waals surface area contributed by atoms with Crippen molar-refractivity contribution in [1.29, 1.82) is 0 Å². The van der Waals surface area contributed by atoms with E-state index in [9.17, 15) is 9.90 Å². The largest absolute Gasteiger partial charge is 0.464 e. The third-order valence-corrected chi connectivity index (χ3v) is 8.02. The van der Waals surface area contributed by atoms with Crippen molar-refractivity contribution < 1.29 is 23.4 Å². The number of hydrogen-bond acceptors (Lipinski definition) is 5. The van der Waals surface area contributed by atoms with Crippen molar-refractivity contribution in [2.45, 2.75) is 69.9 Å². The molecule has 1 atom stereocenters. The minimum absolute atomic E-state index is 0.0194. The summed E-state index contributed by atoms with van der Waals surface area (Å²) in [7, 11) is -1.36. The third-order valence-electron chi connectivity index (χ3n) is 5.99. The molecule has 6 nitrogen and oxygen atoms in total. The SMILES string of the molecule is C[Si](C)(C)CCOc1nccc(C(F)(F)c2ccc(Cl)c(C(=O)NC(O)C3CCCCC3)c2)n1. The van der Waals surface area contributed by atoms with Gasteiger partial charge in [0.2, 0.25) is 0 Å². The van der Waals surface area contributed by atoms with E-state index in [0.717, 1.165) is 56.3 Å². The van der Waals surface area contributed by atoms with Gasteiger partial charge in [0.25, 0.3) is 5.91 Å². The average molecular weight is 512 g/mol. The van der Waals surface area contributed by atoms with E-state index >= 15 is 8.78 Å². The summed E-state index contributed by atoms with van der Waals surface area (Å²) in [4.78, 5) is 20.6. The van der Waals surface area contributed by atoms with E-state index in [2.05, 4.69) is 34.9 Å². The van der Waals surface area contributed by atoms with Crippen LogP contribution in [0.4, 0.5) is 8.78 Å². The van der Waals surface area contributed by atoms with Crippen molar-refractivity contribution in [1.82, 2.24) is 15.3 Å². The number of halogens is 3. The number of aromatic nitrogens is 2. The van der Waals surface area contributed by atoms with Crippen molar-refractivity contribution >= 4 is 25.6 Å².